The number of carboxylic acid groups (broad SMARTS) is 1. The van der Waals surface area contributed by atoms with Crippen LogP contribution in [0.15, 0.2) is 6.07 Å². The number of halogens is 8. The molecule has 2 aromatic heterocycles. The summed E-state index contributed by atoms with van der Waals surface area (Å²) in [5.74, 6) is -5.63. The molecule has 1 aliphatic heterocycles. The lowest BCUT2D eigenvalue weighted by Crippen LogP contribution is -2.37. The molecule has 254 valence electrons. The van der Waals surface area contributed by atoms with Crippen molar-refractivity contribution in [2.45, 2.75) is 59.5 Å². The average molecular weight is 669 g/mol. The molecule has 3 heterocycles. The van der Waals surface area contributed by atoms with Gasteiger partial charge in [0.2, 0.25) is 5.88 Å². The second kappa shape index (κ2) is 13.6. The van der Waals surface area contributed by atoms with Crippen LogP contribution in [0.1, 0.15) is 45.2 Å². The number of rotatable bonds is 5. The van der Waals surface area contributed by atoms with Crippen LogP contribution in [0.4, 0.5) is 46.6 Å². The highest BCUT2D eigenvalue weighted by Gasteiger charge is 2.43. The molecule has 5 N–H and O–H groups in total. The number of nitrogens with zero attached hydrogens (tertiary/aromatic N) is 3. The van der Waals surface area contributed by atoms with Gasteiger partial charge in [0.25, 0.3) is 0 Å². The van der Waals surface area contributed by atoms with Gasteiger partial charge in [-0.1, -0.05) is 13.8 Å². The van der Waals surface area contributed by atoms with Gasteiger partial charge in [-0.3, -0.25) is 4.79 Å². The van der Waals surface area contributed by atoms with E-state index in [4.69, 9.17) is 15.2 Å². The van der Waals surface area contributed by atoms with Crippen LogP contribution in [-0.2, 0) is 11.0 Å². The second-order valence-corrected chi connectivity index (χ2v) is 10.6. The fourth-order valence-corrected chi connectivity index (χ4v) is 4.31. The first-order valence-corrected chi connectivity index (χ1v) is 13.9. The Balaban J connectivity index is 0.00000282. The van der Waals surface area contributed by atoms with Crippen molar-refractivity contribution >= 4 is 28.4 Å². The van der Waals surface area contributed by atoms with Crippen LogP contribution in [-0.4, -0.2) is 64.5 Å². The lowest BCUT2D eigenvalue weighted by atomic mass is 9.95. The Kier molecular flexibility index (Phi) is 10.7. The summed E-state index contributed by atoms with van der Waals surface area (Å²) in [7, 11) is 0. The van der Waals surface area contributed by atoms with Gasteiger partial charge in [-0.05, 0) is 38.9 Å². The smallest absolute Gasteiger partial charge is 0.425 e. The minimum absolute atomic E-state index is 0.0115. The Morgan fingerprint density at radius 2 is 1.72 bits per heavy atom. The van der Waals surface area contributed by atoms with E-state index >= 15 is 4.39 Å². The molecule has 0 radical (unpaired) electrons. The molecule has 0 bridgehead atoms. The summed E-state index contributed by atoms with van der Waals surface area (Å²) in [4.78, 5) is 23.2. The first-order valence-electron chi connectivity index (χ1n) is 13.9. The number of benzene rings is 1. The number of nitrogens with one attached hydrogen (secondary N) is 2. The minimum Gasteiger partial charge on any atom is -0.481 e. The monoisotopic (exact) mass is 668 g/mol. The van der Waals surface area contributed by atoms with Gasteiger partial charge in [0.15, 0.2) is 11.9 Å². The van der Waals surface area contributed by atoms with Gasteiger partial charge in [0, 0.05) is 25.1 Å². The van der Waals surface area contributed by atoms with Gasteiger partial charge in [-0.25, -0.2) is 13.8 Å². The molecule has 4 rings (SSSR count). The SMILES string of the molecule is CC.Cc1c(F)c(N)cc(-c2nc3c4c(nc(OCC(C)(C)C(=O)O)nc4c2F)NCCNCCC(C(F)(F)F)O3)c1C(F)(F)F. The van der Waals surface area contributed by atoms with Crippen LogP contribution in [0.2, 0.25) is 0 Å². The Bertz CT molecular complexity index is 1600. The fourth-order valence-electron chi connectivity index (χ4n) is 4.31. The third-order valence-electron chi connectivity index (χ3n) is 6.73. The summed E-state index contributed by atoms with van der Waals surface area (Å²) < 4.78 is 126. The van der Waals surface area contributed by atoms with Crippen molar-refractivity contribution in [3.05, 3.63) is 28.8 Å². The van der Waals surface area contributed by atoms with Crippen LogP contribution in [0, 0.1) is 24.0 Å². The number of aliphatic carboxylic acids is 1. The number of carboxylic acids is 1. The van der Waals surface area contributed by atoms with Crippen LogP contribution in [0.25, 0.3) is 22.2 Å². The Morgan fingerprint density at radius 3 is 2.30 bits per heavy atom. The topological polar surface area (TPSA) is 145 Å². The highest BCUT2D eigenvalue weighted by atomic mass is 19.4. The van der Waals surface area contributed by atoms with Crippen LogP contribution >= 0.6 is 0 Å². The van der Waals surface area contributed by atoms with Gasteiger partial charge in [0.1, 0.15) is 34.8 Å². The van der Waals surface area contributed by atoms with Crippen molar-refractivity contribution in [1.29, 1.82) is 0 Å². The number of pyridine rings is 1. The molecule has 0 saturated heterocycles. The van der Waals surface area contributed by atoms with Crippen molar-refractivity contribution in [2.24, 2.45) is 5.41 Å². The maximum Gasteiger partial charge on any atom is 0.425 e. The number of anilines is 2. The molecular weight excluding hydrogens is 636 g/mol. The normalized spacial score (nSPS) is 16.0. The molecule has 0 aliphatic carbocycles. The molecule has 0 fully saturated rings. The van der Waals surface area contributed by atoms with Crippen LogP contribution in [0.5, 0.6) is 11.9 Å². The standard InChI is InChI=1S/C26H26F8N6O4.C2H6/c1-10-15(26(32,33)34)11(8-12(35)16(10)27)18-17(28)19-14-20(40-23(39-19)43-9-24(2,3)22(41)42)37-7-6-36-5-4-13(25(29,30)31)44-21(14)38-18;1-2/h8,13,36H,4-7,9,35H2,1-3H3,(H,41,42)(H,37,39,40);1-2H3. The predicted molar refractivity (Wildman–Crippen MR) is 152 cm³/mol. The second-order valence-electron chi connectivity index (χ2n) is 10.6. The minimum atomic E-state index is -5.29. The molecule has 0 saturated carbocycles. The van der Waals surface area contributed by atoms with Gasteiger partial charge in [-0.2, -0.15) is 36.3 Å². The zero-order valence-corrected chi connectivity index (χ0v) is 25.3. The molecule has 1 aromatic carbocycles. The quantitative estimate of drug-likeness (QED) is 0.186. The Labute approximate surface area is 257 Å². The lowest BCUT2D eigenvalue weighted by molar-refractivity contribution is -0.196. The average Bonchev–Trinajstić information content (AvgIpc) is 3.00. The number of nitrogens with two attached hydrogens (primary N) is 1. The van der Waals surface area contributed by atoms with Crippen molar-refractivity contribution in [3.63, 3.8) is 0 Å². The number of hydrogen-bond donors (Lipinski definition) is 4. The number of ether oxygens (including phenoxy) is 2. The number of aromatic nitrogens is 3. The van der Waals surface area contributed by atoms with E-state index in [1.807, 2.05) is 13.8 Å². The summed E-state index contributed by atoms with van der Waals surface area (Å²) in [6.07, 6.45) is -13.5. The van der Waals surface area contributed by atoms with E-state index in [9.17, 15) is 40.6 Å². The number of nitrogen functional groups attached to an aromatic ring is 1. The highest BCUT2D eigenvalue weighted by molar-refractivity contribution is 5.96. The van der Waals surface area contributed by atoms with Crippen LogP contribution in [0.3, 0.4) is 0 Å². The first-order chi connectivity index (χ1) is 21.3. The molecule has 1 atom stereocenters. The summed E-state index contributed by atoms with van der Waals surface area (Å²) in [5.41, 5.74) is -2.59. The Morgan fingerprint density at radius 1 is 1.07 bits per heavy atom. The summed E-state index contributed by atoms with van der Waals surface area (Å²) in [5, 5.41) is 14.3. The first kappa shape index (κ1) is 36.3. The largest absolute Gasteiger partial charge is 0.481 e. The van der Waals surface area contributed by atoms with E-state index in [1.54, 1.807) is 0 Å². The maximum atomic E-state index is 16.3. The molecule has 0 spiro atoms. The molecule has 10 nitrogen and oxygen atoms in total. The molecule has 1 unspecified atom stereocenters. The molecule has 18 heteroatoms. The van der Waals surface area contributed by atoms with Crippen molar-refractivity contribution in [2.75, 3.05) is 37.3 Å². The van der Waals surface area contributed by atoms with Crippen LogP contribution < -0.4 is 25.8 Å². The zero-order chi connectivity index (χ0) is 34.8. The van der Waals surface area contributed by atoms with E-state index < -0.39 is 105 Å². The number of carbonyl (C=O) groups is 1. The molecular formula is C28H32F8N6O4. The van der Waals surface area contributed by atoms with Crippen molar-refractivity contribution in [1.82, 2.24) is 20.3 Å². The predicted octanol–water partition coefficient (Wildman–Crippen LogP) is 6.11. The third kappa shape index (κ3) is 7.59. The molecule has 46 heavy (non-hydrogen) atoms. The summed E-state index contributed by atoms with van der Waals surface area (Å²) in [6, 6.07) is -0.198. The van der Waals surface area contributed by atoms with Gasteiger partial charge >= 0.3 is 24.3 Å². The maximum absolute atomic E-state index is 16.3. The molecule has 1 aliphatic rings. The lowest BCUT2D eigenvalue weighted by Gasteiger charge is -2.24. The molecule has 0 amide bonds. The van der Waals surface area contributed by atoms with E-state index in [0.29, 0.717) is 6.07 Å². The summed E-state index contributed by atoms with van der Waals surface area (Å²) >= 11 is 0. The number of hydrogen-bond acceptors (Lipinski definition) is 9. The van der Waals surface area contributed by atoms with Crippen molar-refractivity contribution in [3.8, 4) is 23.1 Å². The van der Waals surface area contributed by atoms with E-state index in [-0.39, 0.29) is 25.5 Å². The van der Waals surface area contributed by atoms with Gasteiger partial charge in [-0.15, -0.1) is 0 Å². The Hall–Kier alpha value is -4.22. The van der Waals surface area contributed by atoms with E-state index in [1.165, 1.54) is 13.8 Å². The number of alkyl halides is 6. The van der Waals surface area contributed by atoms with Gasteiger partial charge in [0.05, 0.1) is 16.7 Å². The highest BCUT2D eigenvalue weighted by Crippen LogP contribution is 2.45. The zero-order valence-electron chi connectivity index (χ0n) is 25.3. The molecule has 3 aromatic rings. The van der Waals surface area contributed by atoms with E-state index in [0.717, 1.165) is 6.92 Å². The fraction of sp³-hybridized carbons (Fsp3) is 0.500. The summed E-state index contributed by atoms with van der Waals surface area (Å²) in [6.45, 7) is 6.69. The third-order valence-corrected chi connectivity index (χ3v) is 6.73. The van der Waals surface area contributed by atoms with Gasteiger partial charge < -0.3 is 30.9 Å². The van der Waals surface area contributed by atoms with Crippen molar-refractivity contribution < 1.29 is 54.5 Å². The van der Waals surface area contributed by atoms with E-state index in [2.05, 4.69) is 25.6 Å².